The fraction of sp³-hybridized carbons (Fsp3) is 0.455. The first-order valence-electron chi connectivity index (χ1n) is 4.46. The number of hydrogen-bond acceptors (Lipinski definition) is 0. The molecule has 0 saturated heterocycles. The van der Waals surface area contributed by atoms with Gasteiger partial charge >= 0.3 is 0 Å². The summed E-state index contributed by atoms with van der Waals surface area (Å²) in [6.07, 6.45) is 1.03. The molecular weight excluding hydrogens is 203 g/mol. The zero-order valence-corrected chi connectivity index (χ0v) is 9.49. The van der Waals surface area contributed by atoms with E-state index in [2.05, 4.69) is 19.9 Å². The van der Waals surface area contributed by atoms with Crippen LogP contribution in [0.15, 0.2) is 18.2 Å². The lowest BCUT2D eigenvalue weighted by atomic mass is 10.0. The van der Waals surface area contributed by atoms with Crippen LogP contribution in [0.5, 0.6) is 0 Å². The van der Waals surface area contributed by atoms with E-state index < -0.39 is 0 Å². The van der Waals surface area contributed by atoms with Crippen LogP contribution >= 0.6 is 23.2 Å². The molecule has 13 heavy (non-hydrogen) atoms. The first kappa shape index (κ1) is 10.9. The standard InChI is InChI=1S/C11H14Cl2/c1-8(2)5-10-4-3-9(7-12)6-11(10)13/h3-4,6,8H,5,7H2,1-2H3. The van der Waals surface area contributed by atoms with Crippen molar-refractivity contribution in [2.45, 2.75) is 26.1 Å². The molecule has 72 valence electrons. The maximum absolute atomic E-state index is 6.09. The summed E-state index contributed by atoms with van der Waals surface area (Å²) in [6, 6.07) is 6.06. The summed E-state index contributed by atoms with van der Waals surface area (Å²) in [5.41, 5.74) is 2.30. The van der Waals surface area contributed by atoms with E-state index >= 15 is 0 Å². The van der Waals surface area contributed by atoms with Gasteiger partial charge < -0.3 is 0 Å². The molecule has 1 aromatic rings. The van der Waals surface area contributed by atoms with Crippen molar-refractivity contribution in [2.75, 3.05) is 0 Å². The molecule has 1 aromatic carbocycles. The molecular formula is C11H14Cl2. The predicted molar refractivity (Wildman–Crippen MR) is 59.6 cm³/mol. The van der Waals surface area contributed by atoms with Crippen LogP contribution < -0.4 is 0 Å². The highest BCUT2D eigenvalue weighted by atomic mass is 35.5. The molecule has 0 fully saturated rings. The fourth-order valence-electron chi connectivity index (χ4n) is 1.28. The Balaban J connectivity index is 2.85. The van der Waals surface area contributed by atoms with Gasteiger partial charge in [-0.05, 0) is 29.5 Å². The van der Waals surface area contributed by atoms with E-state index in [0.29, 0.717) is 11.8 Å². The minimum Gasteiger partial charge on any atom is -0.122 e. The summed E-state index contributed by atoms with van der Waals surface area (Å²) >= 11 is 11.8. The highest BCUT2D eigenvalue weighted by molar-refractivity contribution is 6.31. The van der Waals surface area contributed by atoms with Crippen LogP contribution in [0.2, 0.25) is 5.02 Å². The monoisotopic (exact) mass is 216 g/mol. The lowest BCUT2D eigenvalue weighted by Crippen LogP contribution is -1.95. The molecule has 0 radical (unpaired) electrons. The Bertz CT molecular complexity index is 279. The highest BCUT2D eigenvalue weighted by Gasteiger charge is 2.03. The van der Waals surface area contributed by atoms with Gasteiger partial charge in [0, 0.05) is 10.9 Å². The van der Waals surface area contributed by atoms with Gasteiger partial charge in [0.15, 0.2) is 0 Å². The van der Waals surface area contributed by atoms with Crippen molar-refractivity contribution in [3.63, 3.8) is 0 Å². The molecule has 0 unspecified atom stereocenters. The summed E-state index contributed by atoms with van der Waals surface area (Å²) in [4.78, 5) is 0. The summed E-state index contributed by atoms with van der Waals surface area (Å²) in [6.45, 7) is 4.37. The highest BCUT2D eigenvalue weighted by Crippen LogP contribution is 2.21. The second-order valence-corrected chi connectivity index (χ2v) is 4.33. The summed E-state index contributed by atoms with van der Waals surface area (Å²) in [5, 5.41) is 0.840. The SMILES string of the molecule is CC(C)Cc1ccc(CCl)cc1Cl. The van der Waals surface area contributed by atoms with Gasteiger partial charge in [-0.2, -0.15) is 0 Å². The van der Waals surface area contributed by atoms with Crippen molar-refractivity contribution in [3.8, 4) is 0 Å². The van der Waals surface area contributed by atoms with E-state index in [9.17, 15) is 0 Å². The summed E-state index contributed by atoms with van der Waals surface area (Å²) in [5.74, 6) is 1.17. The van der Waals surface area contributed by atoms with Crippen LogP contribution in [-0.2, 0) is 12.3 Å². The molecule has 1 rings (SSSR count). The van der Waals surface area contributed by atoms with Crippen molar-refractivity contribution in [2.24, 2.45) is 5.92 Å². The third-order valence-electron chi connectivity index (χ3n) is 1.90. The molecule has 0 aliphatic carbocycles. The zero-order valence-electron chi connectivity index (χ0n) is 7.98. The lowest BCUT2D eigenvalue weighted by molar-refractivity contribution is 0.647. The number of alkyl halides is 1. The van der Waals surface area contributed by atoms with Gasteiger partial charge in [-0.3, -0.25) is 0 Å². The molecule has 0 nitrogen and oxygen atoms in total. The van der Waals surface area contributed by atoms with Gasteiger partial charge in [-0.25, -0.2) is 0 Å². The Labute approximate surface area is 89.9 Å². The number of hydrogen-bond donors (Lipinski definition) is 0. The molecule has 0 spiro atoms. The van der Waals surface area contributed by atoms with Crippen LogP contribution in [0.1, 0.15) is 25.0 Å². The van der Waals surface area contributed by atoms with Crippen LogP contribution in [0.25, 0.3) is 0 Å². The minimum absolute atomic E-state index is 0.529. The van der Waals surface area contributed by atoms with Gasteiger partial charge in [0.1, 0.15) is 0 Å². The second kappa shape index (κ2) is 4.88. The molecule has 0 atom stereocenters. The van der Waals surface area contributed by atoms with Crippen LogP contribution in [0.4, 0.5) is 0 Å². The number of halogens is 2. The predicted octanol–water partition coefficient (Wildman–Crippen LogP) is 4.28. The second-order valence-electron chi connectivity index (χ2n) is 3.66. The van der Waals surface area contributed by atoms with E-state index in [0.717, 1.165) is 17.0 Å². The van der Waals surface area contributed by atoms with E-state index in [1.807, 2.05) is 12.1 Å². The van der Waals surface area contributed by atoms with Gasteiger partial charge in [-0.1, -0.05) is 37.6 Å². The minimum atomic E-state index is 0.529. The zero-order chi connectivity index (χ0) is 9.84. The van der Waals surface area contributed by atoms with E-state index in [1.165, 1.54) is 5.56 Å². The molecule has 0 N–H and O–H groups in total. The molecule has 0 bridgehead atoms. The first-order chi connectivity index (χ1) is 6.13. The van der Waals surface area contributed by atoms with Crippen molar-refractivity contribution in [1.82, 2.24) is 0 Å². The number of benzene rings is 1. The van der Waals surface area contributed by atoms with Crippen molar-refractivity contribution >= 4 is 23.2 Å². The largest absolute Gasteiger partial charge is 0.122 e. The van der Waals surface area contributed by atoms with E-state index in [1.54, 1.807) is 0 Å². The van der Waals surface area contributed by atoms with Crippen LogP contribution in [0, 0.1) is 5.92 Å². The Morgan fingerprint density at radius 3 is 2.46 bits per heavy atom. The molecule has 0 aromatic heterocycles. The van der Waals surface area contributed by atoms with Crippen LogP contribution in [-0.4, -0.2) is 0 Å². The van der Waals surface area contributed by atoms with Crippen molar-refractivity contribution in [1.29, 1.82) is 0 Å². The first-order valence-corrected chi connectivity index (χ1v) is 5.38. The van der Waals surface area contributed by atoms with Gasteiger partial charge in [-0.15, -0.1) is 11.6 Å². The Morgan fingerprint density at radius 2 is 2.00 bits per heavy atom. The molecule has 0 heterocycles. The number of rotatable bonds is 3. The Hall–Kier alpha value is -0.200. The van der Waals surface area contributed by atoms with Gasteiger partial charge in [0.2, 0.25) is 0 Å². The topological polar surface area (TPSA) is 0 Å². The van der Waals surface area contributed by atoms with Crippen molar-refractivity contribution in [3.05, 3.63) is 34.3 Å². The van der Waals surface area contributed by atoms with Gasteiger partial charge in [0.05, 0.1) is 0 Å². The third-order valence-corrected chi connectivity index (χ3v) is 2.56. The van der Waals surface area contributed by atoms with E-state index in [4.69, 9.17) is 23.2 Å². The quantitative estimate of drug-likeness (QED) is 0.663. The Kier molecular flexibility index (Phi) is 4.08. The van der Waals surface area contributed by atoms with Crippen LogP contribution in [0.3, 0.4) is 0 Å². The average molecular weight is 217 g/mol. The summed E-state index contributed by atoms with van der Waals surface area (Å²) in [7, 11) is 0. The molecule has 0 aliphatic heterocycles. The Morgan fingerprint density at radius 1 is 1.31 bits per heavy atom. The third kappa shape index (κ3) is 3.21. The lowest BCUT2D eigenvalue weighted by Gasteiger charge is -2.07. The normalized spacial score (nSPS) is 10.8. The van der Waals surface area contributed by atoms with Crippen molar-refractivity contribution < 1.29 is 0 Å². The maximum Gasteiger partial charge on any atom is 0.0474 e. The molecule has 0 saturated carbocycles. The maximum atomic E-state index is 6.09. The smallest absolute Gasteiger partial charge is 0.0474 e. The average Bonchev–Trinajstić information content (AvgIpc) is 2.08. The molecule has 0 amide bonds. The molecule has 0 aliphatic rings. The van der Waals surface area contributed by atoms with E-state index in [-0.39, 0.29) is 0 Å². The fourth-order valence-corrected chi connectivity index (χ4v) is 1.73. The molecule has 2 heteroatoms. The van der Waals surface area contributed by atoms with Gasteiger partial charge in [0.25, 0.3) is 0 Å². The summed E-state index contributed by atoms with van der Waals surface area (Å²) < 4.78 is 0.